The summed E-state index contributed by atoms with van der Waals surface area (Å²) in [6.45, 7) is 0.949. The van der Waals surface area contributed by atoms with Gasteiger partial charge in [0.1, 0.15) is 0 Å². The smallest absolute Gasteiger partial charge is 0.324 e. The van der Waals surface area contributed by atoms with Gasteiger partial charge in [0.2, 0.25) is 0 Å². The van der Waals surface area contributed by atoms with Gasteiger partial charge in [-0.05, 0) is 23.3 Å². The molecule has 2 aromatic rings. The Balaban J connectivity index is 1.83. The molecule has 20 heavy (non-hydrogen) atoms. The Bertz CT molecular complexity index is 635. The van der Waals surface area contributed by atoms with Crippen molar-refractivity contribution in [2.45, 2.75) is 0 Å². The van der Waals surface area contributed by atoms with E-state index < -0.39 is 0 Å². The predicted octanol–water partition coefficient (Wildman–Crippen LogP) is 2.52. The third kappa shape index (κ3) is 2.28. The van der Waals surface area contributed by atoms with Gasteiger partial charge in [-0.2, -0.15) is 0 Å². The van der Waals surface area contributed by atoms with E-state index in [0.29, 0.717) is 18.7 Å². The van der Waals surface area contributed by atoms with Gasteiger partial charge in [0, 0.05) is 18.7 Å². The fraction of sp³-hybridized carbons (Fsp3) is 0.125. The Morgan fingerprint density at radius 3 is 2.20 bits per heavy atom. The van der Waals surface area contributed by atoms with Crippen molar-refractivity contribution in [3.63, 3.8) is 0 Å². The van der Waals surface area contributed by atoms with Crippen molar-refractivity contribution in [2.24, 2.45) is 0 Å². The Kier molecular flexibility index (Phi) is 3.21. The highest BCUT2D eigenvalue weighted by atomic mass is 16.2. The minimum atomic E-state index is -0.317. The van der Waals surface area contributed by atoms with Gasteiger partial charge < -0.3 is 5.32 Å². The van der Waals surface area contributed by atoms with E-state index in [1.54, 1.807) is 12.1 Å². The fourth-order valence-electron chi connectivity index (χ4n) is 2.26. The average molecular weight is 266 g/mol. The Morgan fingerprint density at radius 1 is 0.950 bits per heavy atom. The summed E-state index contributed by atoms with van der Waals surface area (Å²) in [5.41, 5.74) is 2.68. The number of rotatable bonds is 2. The van der Waals surface area contributed by atoms with Crippen LogP contribution in [-0.4, -0.2) is 29.9 Å². The monoisotopic (exact) mass is 266 g/mol. The molecule has 2 aromatic carbocycles. The van der Waals surface area contributed by atoms with Gasteiger partial charge in [0.15, 0.2) is 0 Å². The van der Waals surface area contributed by atoms with E-state index in [4.69, 9.17) is 0 Å². The summed E-state index contributed by atoms with van der Waals surface area (Å²) in [7, 11) is 0. The van der Waals surface area contributed by atoms with Crippen LogP contribution in [-0.2, 0) is 0 Å². The number of amides is 3. The number of urea groups is 1. The number of hydrogen-bond acceptors (Lipinski definition) is 2. The van der Waals surface area contributed by atoms with Crippen LogP contribution in [0.2, 0.25) is 0 Å². The Morgan fingerprint density at radius 2 is 1.60 bits per heavy atom. The summed E-state index contributed by atoms with van der Waals surface area (Å²) >= 11 is 0. The van der Waals surface area contributed by atoms with Gasteiger partial charge in [0.25, 0.3) is 5.91 Å². The minimum Gasteiger partial charge on any atom is -0.336 e. The summed E-state index contributed by atoms with van der Waals surface area (Å²) < 4.78 is 0. The molecule has 4 nitrogen and oxygen atoms in total. The largest absolute Gasteiger partial charge is 0.336 e. The number of imide groups is 1. The Hall–Kier alpha value is -2.62. The van der Waals surface area contributed by atoms with Crippen LogP contribution in [0.1, 0.15) is 10.4 Å². The van der Waals surface area contributed by atoms with Gasteiger partial charge >= 0.3 is 6.03 Å². The number of hydrogen-bond donors (Lipinski definition) is 1. The first-order chi connectivity index (χ1) is 9.75. The van der Waals surface area contributed by atoms with Crippen LogP contribution >= 0.6 is 0 Å². The first-order valence-electron chi connectivity index (χ1n) is 6.51. The van der Waals surface area contributed by atoms with Crippen molar-refractivity contribution >= 4 is 11.9 Å². The lowest BCUT2D eigenvalue weighted by Gasteiger charge is -2.12. The molecule has 1 heterocycles. The second-order valence-electron chi connectivity index (χ2n) is 4.63. The normalized spacial score (nSPS) is 14.2. The Labute approximate surface area is 117 Å². The lowest BCUT2D eigenvalue weighted by atomic mass is 10.0. The van der Waals surface area contributed by atoms with Crippen LogP contribution in [0.15, 0.2) is 54.6 Å². The molecule has 0 unspecified atom stereocenters. The van der Waals surface area contributed by atoms with Crippen LogP contribution in [0, 0.1) is 0 Å². The molecular weight excluding hydrogens is 252 g/mol. The van der Waals surface area contributed by atoms with Gasteiger partial charge in [-0.3, -0.25) is 9.69 Å². The van der Waals surface area contributed by atoms with Crippen LogP contribution in [0.25, 0.3) is 11.1 Å². The molecule has 0 atom stereocenters. The van der Waals surface area contributed by atoms with E-state index in [2.05, 4.69) is 5.32 Å². The number of carbonyl (C=O) groups excluding carboxylic acids is 2. The fourth-order valence-corrected chi connectivity index (χ4v) is 2.26. The summed E-state index contributed by atoms with van der Waals surface area (Å²) in [5, 5.41) is 2.62. The molecular formula is C16H14N2O2. The van der Waals surface area contributed by atoms with Crippen molar-refractivity contribution in [3.05, 3.63) is 60.2 Å². The van der Waals surface area contributed by atoms with E-state index in [1.165, 1.54) is 4.90 Å². The SMILES string of the molecule is O=C1NCCN1C(=O)c1ccc(-c2ccccc2)cc1. The maximum absolute atomic E-state index is 12.2. The molecule has 1 saturated heterocycles. The van der Waals surface area contributed by atoms with Crippen LogP contribution < -0.4 is 5.32 Å². The van der Waals surface area contributed by atoms with Crippen molar-refractivity contribution in [2.75, 3.05) is 13.1 Å². The number of nitrogens with one attached hydrogen (secondary N) is 1. The third-order valence-electron chi connectivity index (χ3n) is 3.34. The maximum atomic E-state index is 12.2. The molecule has 0 saturated carbocycles. The molecule has 1 fully saturated rings. The predicted molar refractivity (Wildman–Crippen MR) is 76.3 cm³/mol. The quantitative estimate of drug-likeness (QED) is 0.908. The van der Waals surface area contributed by atoms with Gasteiger partial charge in [-0.25, -0.2) is 4.79 Å². The van der Waals surface area contributed by atoms with Gasteiger partial charge in [-0.15, -0.1) is 0 Å². The van der Waals surface area contributed by atoms with Crippen molar-refractivity contribution < 1.29 is 9.59 Å². The second kappa shape index (κ2) is 5.17. The average Bonchev–Trinajstić information content (AvgIpc) is 2.94. The van der Waals surface area contributed by atoms with Crippen LogP contribution in [0.3, 0.4) is 0 Å². The highest BCUT2D eigenvalue weighted by Gasteiger charge is 2.26. The number of carbonyl (C=O) groups is 2. The summed E-state index contributed by atoms with van der Waals surface area (Å²) in [6.07, 6.45) is 0. The zero-order valence-corrected chi connectivity index (χ0v) is 10.9. The minimum absolute atomic E-state index is 0.250. The molecule has 4 heteroatoms. The van der Waals surface area contributed by atoms with Gasteiger partial charge in [0.05, 0.1) is 0 Å². The molecule has 0 bridgehead atoms. The summed E-state index contributed by atoms with van der Waals surface area (Å²) in [4.78, 5) is 24.9. The zero-order chi connectivity index (χ0) is 13.9. The third-order valence-corrected chi connectivity index (χ3v) is 3.34. The molecule has 0 spiro atoms. The lowest BCUT2D eigenvalue weighted by molar-refractivity contribution is 0.0829. The summed E-state index contributed by atoms with van der Waals surface area (Å²) in [5.74, 6) is -0.250. The molecule has 100 valence electrons. The maximum Gasteiger partial charge on any atom is 0.324 e. The second-order valence-corrected chi connectivity index (χ2v) is 4.63. The molecule has 3 rings (SSSR count). The van der Waals surface area contributed by atoms with Crippen LogP contribution in [0.4, 0.5) is 4.79 Å². The first kappa shape index (κ1) is 12.4. The number of nitrogens with zero attached hydrogens (tertiary/aromatic N) is 1. The molecule has 0 aromatic heterocycles. The highest BCUT2D eigenvalue weighted by Crippen LogP contribution is 2.20. The number of benzene rings is 2. The molecule has 1 aliphatic rings. The molecule has 1 N–H and O–H groups in total. The molecule has 1 aliphatic heterocycles. The molecule has 3 amide bonds. The van der Waals surface area contributed by atoms with Gasteiger partial charge in [-0.1, -0.05) is 42.5 Å². The first-order valence-corrected chi connectivity index (χ1v) is 6.51. The molecule has 0 aliphatic carbocycles. The van der Waals surface area contributed by atoms with E-state index in [0.717, 1.165) is 11.1 Å². The van der Waals surface area contributed by atoms with Crippen molar-refractivity contribution in [3.8, 4) is 11.1 Å². The zero-order valence-electron chi connectivity index (χ0n) is 10.9. The van der Waals surface area contributed by atoms with E-state index in [-0.39, 0.29) is 11.9 Å². The summed E-state index contributed by atoms with van der Waals surface area (Å²) in [6, 6.07) is 17.0. The van der Waals surface area contributed by atoms with E-state index in [9.17, 15) is 9.59 Å². The van der Waals surface area contributed by atoms with E-state index in [1.807, 2.05) is 42.5 Å². The highest BCUT2D eigenvalue weighted by molar-refractivity contribution is 6.05. The van der Waals surface area contributed by atoms with Crippen LogP contribution in [0.5, 0.6) is 0 Å². The topological polar surface area (TPSA) is 49.4 Å². The standard InChI is InChI=1S/C16H14N2O2/c19-15(18-11-10-17-16(18)20)14-8-6-13(7-9-14)12-4-2-1-3-5-12/h1-9H,10-11H2,(H,17,20). The molecule has 0 radical (unpaired) electrons. The lowest BCUT2D eigenvalue weighted by Crippen LogP contribution is -2.34. The van der Waals surface area contributed by atoms with E-state index >= 15 is 0 Å². The van der Waals surface area contributed by atoms with Crippen molar-refractivity contribution in [1.29, 1.82) is 0 Å². The van der Waals surface area contributed by atoms with Crippen molar-refractivity contribution in [1.82, 2.24) is 10.2 Å².